The molecular formula is C15H19N3O2. The molecular weight excluding hydrogens is 254 g/mol. The smallest absolute Gasteiger partial charge is 0.170 e. The molecule has 20 heavy (non-hydrogen) atoms. The van der Waals surface area contributed by atoms with Crippen LogP contribution in [-0.2, 0) is 0 Å². The third kappa shape index (κ3) is 2.08. The molecule has 0 bridgehead atoms. The van der Waals surface area contributed by atoms with Gasteiger partial charge in [0.25, 0.3) is 0 Å². The molecule has 0 saturated heterocycles. The van der Waals surface area contributed by atoms with E-state index in [4.69, 9.17) is 0 Å². The molecule has 2 unspecified atom stereocenters. The van der Waals surface area contributed by atoms with Crippen LogP contribution in [0.3, 0.4) is 0 Å². The van der Waals surface area contributed by atoms with E-state index in [0.717, 1.165) is 37.6 Å². The van der Waals surface area contributed by atoms with E-state index in [1.807, 2.05) is 36.3 Å². The molecule has 1 saturated carbocycles. The number of hydrogen-bond acceptors (Lipinski definition) is 4. The number of hydrogen-bond donors (Lipinski definition) is 1. The number of rotatable bonds is 3. The summed E-state index contributed by atoms with van der Waals surface area (Å²) in [5.41, 5.74) is 1.29. The number of nitrogens with zero attached hydrogens (tertiary/aromatic N) is 3. The number of carbonyl (C=O) groups is 1. The average molecular weight is 273 g/mol. The zero-order valence-corrected chi connectivity index (χ0v) is 11.6. The molecule has 2 heterocycles. The Hall–Kier alpha value is -1.88. The number of aldehydes is 1. The Morgan fingerprint density at radius 1 is 1.40 bits per heavy atom. The second-order valence-electron chi connectivity index (χ2n) is 5.40. The number of aliphatic hydroxyl groups excluding tert-OH is 1. The van der Waals surface area contributed by atoms with Crippen LogP contribution in [0.1, 0.15) is 36.2 Å². The van der Waals surface area contributed by atoms with Crippen LogP contribution in [-0.4, -0.2) is 40.0 Å². The van der Waals surface area contributed by atoms with Crippen molar-refractivity contribution < 1.29 is 9.90 Å². The summed E-state index contributed by atoms with van der Waals surface area (Å²) in [5.74, 6) is 0.650. The Bertz CT molecular complexity index is 623. The third-order valence-electron chi connectivity index (χ3n) is 4.18. The Morgan fingerprint density at radius 3 is 2.95 bits per heavy atom. The Kier molecular flexibility index (Phi) is 3.44. The largest absolute Gasteiger partial charge is 0.391 e. The minimum atomic E-state index is -0.349. The number of fused-ring (bicyclic) bond motifs is 1. The highest BCUT2D eigenvalue weighted by atomic mass is 16.3. The first-order valence-electron chi connectivity index (χ1n) is 7.05. The molecule has 0 aromatic carbocycles. The molecule has 1 aliphatic carbocycles. The molecule has 106 valence electrons. The van der Waals surface area contributed by atoms with E-state index in [1.165, 1.54) is 0 Å². The maximum atomic E-state index is 11.4. The van der Waals surface area contributed by atoms with Crippen molar-refractivity contribution in [2.24, 2.45) is 0 Å². The highest BCUT2D eigenvalue weighted by molar-refractivity contribution is 5.83. The molecule has 0 radical (unpaired) electrons. The van der Waals surface area contributed by atoms with E-state index < -0.39 is 0 Å². The summed E-state index contributed by atoms with van der Waals surface area (Å²) in [6.07, 6.45) is 6.25. The van der Waals surface area contributed by atoms with Crippen LogP contribution in [0.2, 0.25) is 0 Å². The minimum absolute atomic E-state index is 0.0346. The maximum absolute atomic E-state index is 11.4. The van der Waals surface area contributed by atoms with Gasteiger partial charge in [-0.05, 0) is 25.0 Å². The fourth-order valence-electron chi connectivity index (χ4n) is 3.07. The number of anilines is 1. The molecule has 0 amide bonds. The van der Waals surface area contributed by atoms with Crippen molar-refractivity contribution in [2.75, 3.05) is 11.9 Å². The number of imidazole rings is 1. The SMILES string of the molecule is CN(c1nc2ccccn2c1C=O)C1CCCCC1O. The van der Waals surface area contributed by atoms with Crippen molar-refractivity contribution in [3.63, 3.8) is 0 Å². The summed E-state index contributed by atoms with van der Waals surface area (Å²) in [5, 5.41) is 10.2. The highest BCUT2D eigenvalue weighted by Gasteiger charge is 2.29. The Morgan fingerprint density at radius 2 is 2.20 bits per heavy atom. The highest BCUT2D eigenvalue weighted by Crippen LogP contribution is 2.28. The maximum Gasteiger partial charge on any atom is 0.170 e. The predicted octanol–water partition coefficient (Wildman–Crippen LogP) is 1.89. The molecule has 1 aliphatic rings. The lowest BCUT2D eigenvalue weighted by Gasteiger charge is -2.35. The molecule has 2 aromatic rings. The monoisotopic (exact) mass is 273 g/mol. The zero-order valence-electron chi connectivity index (χ0n) is 11.6. The van der Waals surface area contributed by atoms with E-state index >= 15 is 0 Å². The van der Waals surface area contributed by atoms with Crippen LogP contribution in [0.5, 0.6) is 0 Å². The summed E-state index contributed by atoms with van der Waals surface area (Å²) in [7, 11) is 1.91. The van der Waals surface area contributed by atoms with Gasteiger partial charge < -0.3 is 10.0 Å². The first-order valence-corrected chi connectivity index (χ1v) is 7.05. The second-order valence-corrected chi connectivity index (χ2v) is 5.40. The van der Waals surface area contributed by atoms with E-state index in [0.29, 0.717) is 11.5 Å². The van der Waals surface area contributed by atoms with Crippen LogP contribution in [0, 0.1) is 0 Å². The van der Waals surface area contributed by atoms with Crippen molar-refractivity contribution in [2.45, 2.75) is 37.8 Å². The van der Waals surface area contributed by atoms with Gasteiger partial charge in [0.2, 0.25) is 0 Å². The molecule has 5 heteroatoms. The third-order valence-corrected chi connectivity index (χ3v) is 4.18. The molecule has 0 spiro atoms. The van der Waals surface area contributed by atoms with Crippen molar-refractivity contribution >= 4 is 17.8 Å². The summed E-state index contributed by atoms with van der Waals surface area (Å²) in [6, 6.07) is 5.69. The standard InChI is InChI=1S/C15H19N3O2/c1-17(11-6-2-3-7-13(11)20)15-12(10-19)18-9-5-4-8-14(18)16-15/h4-5,8-11,13,20H,2-3,6-7H2,1H3. The predicted molar refractivity (Wildman–Crippen MR) is 77.2 cm³/mol. The normalized spacial score (nSPS) is 22.9. The van der Waals surface area contributed by atoms with Crippen LogP contribution in [0.25, 0.3) is 5.65 Å². The van der Waals surface area contributed by atoms with Gasteiger partial charge in [0.1, 0.15) is 11.3 Å². The summed E-state index contributed by atoms with van der Waals surface area (Å²) in [6.45, 7) is 0. The molecule has 3 rings (SSSR count). The van der Waals surface area contributed by atoms with Gasteiger partial charge in [-0.15, -0.1) is 0 Å². The van der Waals surface area contributed by atoms with Gasteiger partial charge in [-0.3, -0.25) is 9.20 Å². The lowest BCUT2D eigenvalue weighted by atomic mass is 9.91. The van der Waals surface area contributed by atoms with Crippen LogP contribution in [0.4, 0.5) is 5.82 Å². The molecule has 2 aromatic heterocycles. The Labute approximate surface area is 117 Å². The van der Waals surface area contributed by atoms with Crippen LogP contribution >= 0.6 is 0 Å². The van der Waals surface area contributed by atoms with Crippen molar-refractivity contribution in [3.8, 4) is 0 Å². The minimum Gasteiger partial charge on any atom is -0.391 e. The number of aliphatic hydroxyl groups is 1. The van der Waals surface area contributed by atoms with Crippen LogP contribution < -0.4 is 4.90 Å². The quantitative estimate of drug-likeness (QED) is 0.868. The molecule has 1 N–H and O–H groups in total. The number of pyridine rings is 1. The summed E-state index contributed by atoms with van der Waals surface area (Å²) < 4.78 is 1.79. The van der Waals surface area contributed by atoms with Crippen LogP contribution in [0.15, 0.2) is 24.4 Å². The van der Waals surface area contributed by atoms with Gasteiger partial charge >= 0.3 is 0 Å². The van der Waals surface area contributed by atoms with E-state index in [2.05, 4.69) is 4.98 Å². The van der Waals surface area contributed by atoms with Gasteiger partial charge in [-0.2, -0.15) is 0 Å². The van der Waals surface area contributed by atoms with E-state index in [9.17, 15) is 9.90 Å². The van der Waals surface area contributed by atoms with E-state index in [-0.39, 0.29) is 12.1 Å². The van der Waals surface area contributed by atoms with E-state index in [1.54, 1.807) is 4.40 Å². The van der Waals surface area contributed by atoms with Gasteiger partial charge in [0.05, 0.1) is 12.1 Å². The summed E-state index contributed by atoms with van der Waals surface area (Å²) in [4.78, 5) is 17.9. The molecule has 1 fully saturated rings. The average Bonchev–Trinajstić information content (AvgIpc) is 2.85. The molecule has 0 aliphatic heterocycles. The fraction of sp³-hybridized carbons (Fsp3) is 0.467. The molecule has 5 nitrogen and oxygen atoms in total. The Balaban J connectivity index is 2.02. The number of likely N-dealkylation sites (N-methyl/N-ethyl adjacent to an activating group) is 1. The first-order chi connectivity index (χ1) is 9.72. The van der Waals surface area contributed by atoms with Gasteiger partial charge in [-0.1, -0.05) is 18.9 Å². The van der Waals surface area contributed by atoms with Crippen molar-refractivity contribution in [1.82, 2.24) is 9.38 Å². The number of aromatic nitrogens is 2. The molecule has 2 atom stereocenters. The summed E-state index contributed by atoms with van der Waals surface area (Å²) >= 11 is 0. The van der Waals surface area contributed by atoms with Gasteiger partial charge in [0, 0.05) is 13.2 Å². The lowest BCUT2D eigenvalue weighted by molar-refractivity contribution is 0.105. The van der Waals surface area contributed by atoms with Gasteiger partial charge in [0.15, 0.2) is 12.1 Å². The number of carbonyl (C=O) groups excluding carboxylic acids is 1. The zero-order chi connectivity index (χ0) is 14.1. The van der Waals surface area contributed by atoms with Crippen molar-refractivity contribution in [3.05, 3.63) is 30.1 Å². The lowest BCUT2D eigenvalue weighted by Crippen LogP contribution is -2.44. The van der Waals surface area contributed by atoms with Gasteiger partial charge in [-0.25, -0.2) is 4.98 Å². The fourth-order valence-corrected chi connectivity index (χ4v) is 3.07. The van der Waals surface area contributed by atoms with Crippen molar-refractivity contribution in [1.29, 1.82) is 0 Å². The topological polar surface area (TPSA) is 57.8 Å². The second kappa shape index (κ2) is 5.25. The first kappa shape index (κ1) is 13.1.